The minimum Gasteiger partial charge on any atom is -0.497 e. The number of ketones is 1. The van der Waals surface area contributed by atoms with Crippen molar-refractivity contribution >= 4 is 17.8 Å². The largest absolute Gasteiger partial charge is 0.497 e. The Kier molecular flexibility index (Phi) is 4.79. The van der Waals surface area contributed by atoms with Gasteiger partial charge in [-0.05, 0) is 30.3 Å². The molecular weight excluding hydrogens is 338 g/mol. The Hall–Kier alpha value is -3.48. The van der Waals surface area contributed by atoms with E-state index in [1.807, 2.05) is 0 Å². The fourth-order valence-electron chi connectivity index (χ4n) is 2.49. The van der Waals surface area contributed by atoms with Crippen LogP contribution in [0.2, 0.25) is 0 Å². The number of carbonyl (C=O) groups excluding carboxylic acids is 2. The van der Waals surface area contributed by atoms with Crippen LogP contribution >= 0.6 is 0 Å². The van der Waals surface area contributed by atoms with Gasteiger partial charge in [0, 0.05) is 17.7 Å². The van der Waals surface area contributed by atoms with E-state index in [2.05, 4.69) is 0 Å². The van der Waals surface area contributed by atoms with Gasteiger partial charge in [0.2, 0.25) is 5.78 Å². The van der Waals surface area contributed by atoms with Gasteiger partial charge in [0.15, 0.2) is 12.4 Å². The molecule has 0 bridgehead atoms. The first kappa shape index (κ1) is 17.3. The van der Waals surface area contributed by atoms with E-state index >= 15 is 0 Å². The normalized spacial score (nSPS) is 13.9. The number of nitrogens with two attached hydrogens (primary N) is 1. The molecule has 1 heterocycles. The SMILES string of the molecule is COc1ccc(/C=C2/Oc3cc(OCC(N)=O)ccc3C2=O)c(OC)c1. The minimum absolute atomic E-state index is 0.163. The van der Waals surface area contributed by atoms with Crippen LogP contribution in [0.25, 0.3) is 6.08 Å². The molecule has 0 atom stereocenters. The number of Topliss-reactive ketones (excluding diaryl/α,β-unsaturated/α-hetero) is 1. The summed E-state index contributed by atoms with van der Waals surface area (Å²) in [6.45, 7) is -0.252. The van der Waals surface area contributed by atoms with E-state index in [-0.39, 0.29) is 18.1 Å². The molecule has 0 radical (unpaired) electrons. The molecule has 0 saturated carbocycles. The Bertz CT molecular complexity index is 903. The number of carbonyl (C=O) groups is 2. The maximum atomic E-state index is 12.5. The topological polar surface area (TPSA) is 97.1 Å². The Morgan fingerprint density at radius 2 is 1.88 bits per heavy atom. The van der Waals surface area contributed by atoms with Crippen LogP contribution in [0.4, 0.5) is 0 Å². The van der Waals surface area contributed by atoms with E-state index in [4.69, 9.17) is 24.7 Å². The van der Waals surface area contributed by atoms with Crippen molar-refractivity contribution in [2.75, 3.05) is 20.8 Å². The van der Waals surface area contributed by atoms with Crippen molar-refractivity contribution in [2.45, 2.75) is 0 Å². The van der Waals surface area contributed by atoms with Gasteiger partial charge >= 0.3 is 0 Å². The number of methoxy groups -OCH3 is 2. The average Bonchev–Trinajstić information content (AvgIpc) is 2.95. The molecule has 0 saturated heterocycles. The van der Waals surface area contributed by atoms with Gasteiger partial charge < -0.3 is 24.7 Å². The quantitative estimate of drug-likeness (QED) is 0.798. The van der Waals surface area contributed by atoms with Crippen molar-refractivity contribution in [3.8, 4) is 23.0 Å². The van der Waals surface area contributed by atoms with Crippen molar-refractivity contribution in [1.29, 1.82) is 0 Å². The molecule has 0 aromatic heterocycles. The van der Waals surface area contributed by atoms with Crippen LogP contribution in [0, 0.1) is 0 Å². The number of ether oxygens (including phenoxy) is 4. The first-order valence-electron chi connectivity index (χ1n) is 7.73. The lowest BCUT2D eigenvalue weighted by Crippen LogP contribution is -2.19. The highest BCUT2D eigenvalue weighted by molar-refractivity contribution is 6.14. The predicted octanol–water partition coefficient (Wildman–Crippen LogP) is 2.18. The highest BCUT2D eigenvalue weighted by atomic mass is 16.5. The third-order valence-corrected chi connectivity index (χ3v) is 3.75. The summed E-state index contributed by atoms with van der Waals surface area (Å²) in [5.41, 5.74) is 6.14. The Morgan fingerprint density at radius 1 is 1.12 bits per heavy atom. The van der Waals surface area contributed by atoms with Crippen LogP contribution < -0.4 is 24.7 Å². The molecule has 3 rings (SSSR count). The minimum atomic E-state index is -0.588. The zero-order valence-electron chi connectivity index (χ0n) is 14.3. The van der Waals surface area contributed by atoms with Gasteiger partial charge in [0.05, 0.1) is 19.8 Å². The third kappa shape index (κ3) is 3.46. The molecule has 1 amide bonds. The summed E-state index contributed by atoms with van der Waals surface area (Å²) in [6, 6.07) is 9.96. The highest BCUT2D eigenvalue weighted by Gasteiger charge is 2.28. The molecule has 2 aromatic carbocycles. The molecular formula is C19H17NO6. The second-order valence-corrected chi connectivity index (χ2v) is 5.46. The van der Waals surface area contributed by atoms with Gasteiger partial charge in [-0.25, -0.2) is 0 Å². The van der Waals surface area contributed by atoms with Crippen LogP contribution in [0.5, 0.6) is 23.0 Å². The van der Waals surface area contributed by atoms with E-state index in [1.165, 1.54) is 7.11 Å². The molecule has 0 fully saturated rings. The summed E-state index contributed by atoms with van der Waals surface area (Å²) in [7, 11) is 3.09. The smallest absolute Gasteiger partial charge is 0.255 e. The van der Waals surface area contributed by atoms with E-state index in [1.54, 1.807) is 49.6 Å². The van der Waals surface area contributed by atoms with Gasteiger partial charge in [-0.3, -0.25) is 9.59 Å². The molecule has 1 aliphatic heterocycles. The fraction of sp³-hybridized carbons (Fsp3) is 0.158. The molecule has 0 spiro atoms. The van der Waals surface area contributed by atoms with E-state index in [0.29, 0.717) is 34.1 Å². The summed E-state index contributed by atoms with van der Waals surface area (Å²) in [5, 5.41) is 0. The molecule has 26 heavy (non-hydrogen) atoms. The van der Waals surface area contributed by atoms with Crippen molar-refractivity contribution in [3.05, 3.63) is 53.3 Å². The maximum Gasteiger partial charge on any atom is 0.255 e. The summed E-state index contributed by atoms with van der Waals surface area (Å²) >= 11 is 0. The van der Waals surface area contributed by atoms with E-state index < -0.39 is 5.91 Å². The van der Waals surface area contributed by atoms with Gasteiger partial charge in [0.25, 0.3) is 5.91 Å². The number of amides is 1. The molecule has 2 aromatic rings. The first-order chi connectivity index (χ1) is 12.5. The fourth-order valence-corrected chi connectivity index (χ4v) is 2.49. The monoisotopic (exact) mass is 355 g/mol. The number of hydrogen-bond donors (Lipinski definition) is 1. The summed E-state index contributed by atoms with van der Waals surface area (Å²) in [5.74, 6) is 1.26. The molecule has 0 unspecified atom stereocenters. The number of rotatable bonds is 6. The Balaban J connectivity index is 1.87. The number of allylic oxidation sites excluding steroid dienone is 1. The summed E-state index contributed by atoms with van der Waals surface area (Å²) in [6.07, 6.45) is 1.60. The third-order valence-electron chi connectivity index (χ3n) is 3.75. The van der Waals surface area contributed by atoms with E-state index in [9.17, 15) is 9.59 Å². The maximum absolute atomic E-state index is 12.5. The van der Waals surface area contributed by atoms with E-state index in [0.717, 1.165) is 0 Å². The number of primary amides is 1. The molecule has 7 nitrogen and oxygen atoms in total. The average molecular weight is 355 g/mol. The summed E-state index contributed by atoms with van der Waals surface area (Å²) in [4.78, 5) is 23.3. The van der Waals surface area contributed by atoms with Gasteiger partial charge in [0.1, 0.15) is 23.0 Å². The highest BCUT2D eigenvalue weighted by Crippen LogP contribution is 2.36. The predicted molar refractivity (Wildman–Crippen MR) is 93.6 cm³/mol. The van der Waals surface area contributed by atoms with Crippen LogP contribution in [-0.4, -0.2) is 32.5 Å². The lowest BCUT2D eigenvalue weighted by atomic mass is 10.1. The second-order valence-electron chi connectivity index (χ2n) is 5.46. The molecule has 2 N–H and O–H groups in total. The summed E-state index contributed by atoms with van der Waals surface area (Å²) < 4.78 is 21.4. The van der Waals surface area contributed by atoms with Gasteiger partial charge in [-0.1, -0.05) is 0 Å². The lowest BCUT2D eigenvalue weighted by molar-refractivity contribution is -0.119. The van der Waals surface area contributed by atoms with Gasteiger partial charge in [-0.2, -0.15) is 0 Å². The van der Waals surface area contributed by atoms with Crippen LogP contribution in [-0.2, 0) is 4.79 Å². The molecule has 0 aliphatic carbocycles. The number of hydrogen-bond acceptors (Lipinski definition) is 6. The zero-order valence-corrected chi connectivity index (χ0v) is 14.3. The van der Waals surface area contributed by atoms with Crippen LogP contribution in [0.3, 0.4) is 0 Å². The Labute approximate surface area is 149 Å². The van der Waals surface area contributed by atoms with Crippen molar-refractivity contribution < 1.29 is 28.5 Å². The van der Waals surface area contributed by atoms with Crippen molar-refractivity contribution in [2.24, 2.45) is 5.73 Å². The second kappa shape index (κ2) is 7.18. The number of benzene rings is 2. The van der Waals surface area contributed by atoms with Gasteiger partial charge in [-0.15, -0.1) is 0 Å². The van der Waals surface area contributed by atoms with Crippen molar-refractivity contribution in [3.63, 3.8) is 0 Å². The van der Waals surface area contributed by atoms with Crippen molar-refractivity contribution in [1.82, 2.24) is 0 Å². The standard InChI is InChI=1S/C19H17NO6/c1-23-12-4-3-11(15(8-12)24-2)7-17-19(22)14-6-5-13(9-16(14)26-17)25-10-18(20)21/h3-9H,10H2,1-2H3,(H2,20,21)/b17-7+. The Morgan fingerprint density at radius 3 is 2.58 bits per heavy atom. The zero-order chi connectivity index (χ0) is 18.7. The van der Waals surface area contributed by atoms with Crippen LogP contribution in [0.1, 0.15) is 15.9 Å². The number of fused-ring (bicyclic) bond motifs is 1. The first-order valence-corrected chi connectivity index (χ1v) is 7.73. The molecule has 134 valence electrons. The molecule has 7 heteroatoms. The molecule has 1 aliphatic rings. The van der Waals surface area contributed by atoms with Crippen LogP contribution in [0.15, 0.2) is 42.2 Å². The lowest BCUT2D eigenvalue weighted by Gasteiger charge is -2.08.